The Balaban J connectivity index is 0.000000274. The SMILES string of the molecule is CS(=O)(=O)N(C1C=CC2(C1)OCCO2)S(=O)(=O)C(F)(F)F.CS(=O)(=O)N(CC(OC(=O)C1=CC=CCC1)C1(c2ccccc2)OCCO1)S(=O)(=O)C(F)(F)F. The molecule has 2 unspecified atom stereocenters. The maximum atomic E-state index is 13.3. The number of allylic oxidation sites excluding steroid dienone is 3. The van der Waals surface area contributed by atoms with Crippen LogP contribution < -0.4 is 0 Å². The molecule has 0 bridgehead atoms. The van der Waals surface area contributed by atoms with Crippen molar-refractivity contribution in [2.45, 2.75) is 54.0 Å². The van der Waals surface area contributed by atoms with E-state index in [-0.39, 0.29) is 50.4 Å². The maximum Gasteiger partial charge on any atom is 0.512 e. The van der Waals surface area contributed by atoms with Crippen LogP contribution in [0.25, 0.3) is 0 Å². The average Bonchev–Trinajstić information content (AvgIpc) is 3.84. The van der Waals surface area contributed by atoms with E-state index in [1.165, 1.54) is 24.3 Å². The van der Waals surface area contributed by atoms with Gasteiger partial charge in [-0.2, -0.15) is 26.3 Å². The minimum Gasteiger partial charge on any atom is -0.451 e. The molecule has 4 aliphatic rings. The predicted molar refractivity (Wildman–Crippen MR) is 177 cm³/mol. The lowest BCUT2D eigenvalue weighted by Crippen LogP contribution is -2.54. The Labute approximate surface area is 312 Å². The molecule has 310 valence electrons. The zero-order chi connectivity index (χ0) is 41.3. The molecule has 2 fully saturated rings. The lowest BCUT2D eigenvalue weighted by Gasteiger charge is -2.37. The Bertz CT molecular complexity index is 2110. The molecule has 0 saturated carbocycles. The van der Waals surface area contributed by atoms with Crippen LogP contribution in [0.4, 0.5) is 26.3 Å². The summed E-state index contributed by atoms with van der Waals surface area (Å²) in [6.45, 7) is -1.20. The molecule has 1 aromatic rings. The molecule has 1 aromatic carbocycles. The highest BCUT2D eigenvalue weighted by Crippen LogP contribution is 2.41. The topological polar surface area (TPSA) is 206 Å². The second-order valence-corrected chi connectivity index (χ2v) is 19.9. The summed E-state index contributed by atoms with van der Waals surface area (Å²) in [6, 6.07) is 6.12. The van der Waals surface area contributed by atoms with Crippen LogP contribution in [0, 0.1) is 0 Å². The summed E-state index contributed by atoms with van der Waals surface area (Å²) in [4.78, 5) is 12.8. The minimum atomic E-state index is -6.37. The van der Waals surface area contributed by atoms with Gasteiger partial charge < -0.3 is 23.7 Å². The van der Waals surface area contributed by atoms with Crippen molar-refractivity contribution in [1.29, 1.82) is 0 Å². The molecule has 2 atom stereocenters. The zero-order valence-electron chi connectivity index (χ0n) is 28.6. The fourth-order valence-electron chi connectivity index (χ4n) is 5.73. The number of hydrogen-bond donors (Lipinski definition) is 0. The number of benzene rings is 1. The maximum absolute atomic E-state index is 13.3. The van der Waals surface area contributed by atoms with Gasteiger partial charge in [-0.05, 0) is 18.9 Å². The van der Waals surface area contributed by atoms with Crippen LogP contribution in [-0.2, 0) is 74.4 Å². The first-order valence-corrected chi connectivity index (χ1v) is 22.2. The standard InChI is InChI=1S/C20H22F3NO8S2.C9H12F3NO6S2/c1-33(26,27)24(34(28,29)20(21,22)23)14-17(32-18(25)15-8-4-2-5-9-15)19(30-12-13-31-19)16-10-6-3-7-11-16;1-20(14,15)13(21(16,17)9(10,11)12)7-2-3-8(6-7)18-4-5-19-8/h2-4,6-8,10-11,17H,5,9,12-14H2,1H3;2-3,7H,4-6H2,1H3. The van der Waals surface area contributed by atoms with Crippen molar-refractivity contribution < 1.29 is 88.5 Å². The van der Waals surface area contributed by atoms with Crippen LogP contribution in [0.2, 0.25) is 0 Å². The fourth-order valence-corrected chi connectivity index (χ4v) is 11.4. The van der Waals surface area contributed by atoms with Crippen LogP contribution in [0.1, 0.15) is 24.8 Å². The van der Waals surface area contributed by atoms with Crippen molar-refractivity contribution in [3.63, 3.8) is 0 Å². The quantitative estimate of drug-likeness (QED) is 0.178. The Morgan fingerprint density at radius 2 is 1.38 bits per heavy atom. The molecular formula is C29H34F6N2O14S4. The monoisotopic (exact) mass is 876 g/mol. The van der Waals surface area contributed by atoms with E-state index < -0.39 is 94.8 Å². The van der Waals surface area contributed by atoms with Crippen molar-refractivity contribution in [1.82, 2.24) is 7.42 Å². The van der Waals surface area contributed by atoms with Crippen LogP contribution in [-0.4, -0.2) is 121 Å². The van der Waals surface area contributed by atoms with Crippen LogP contribution >= 0.6 is 0 Å². The third-order valence-electron chi connectivity index (χ3n) is 8.06. The van der Waals surface area contributed by atoms with Gasteiger partial charge in [-0.1, -0.05) is 62.1 Å². The van der Waals surface area contributed by atoms with Gasteiger partial charge in [0.2, 0.25) is 25.8 Å². The molecule has 55 heavy (non-hydrogen) atoms. The van der Waals surface area contributed by atoms with E-state index in [9.17, 15) is 64.8 Å². The first kappa shape index (κ1) is 44.8. The summed E-state index contributed by atoms with van der Waals surface area (Å²) >= 11 is 0. The van der Waals surface area contributed by atoms with E-state index in [0.29, 0.717) is 18.9 Å². The second-order valence-electron chi connectivity index (χ2n) is 12.0. The highest BCUT2D eigenvalue weighted by molar-refractivity contribution is 8.04. The van der Waals surface area contributed by atoms with Crippen molar-refractivity contribution >= 4 is 46.1 Å². The van der Waals surface area contributed by atoms with Gasteiger partial charge in [0, 0.05) is 17.6 Å². The van der Waals surface area contributed by atoms with Crippen molar-refractivity contribution in [2.75, 3.05) is 45.5 Å². The predicted octanol–water partition coefficient (Wildman–Crippen LogP) is 2.35. The number of carbonyl (C=O) groups is 1. The molecule has 5 rings (SSSR count). The smallest absolute Gasteiger partial charge is 0.451 e. The second kappa shape index (κ2) is 16.1. The molecule has 0 N–H and O–H groups in total. The molecule has 2 saturated heterocycles. The molecule has 0 aromatic heterocycles. The summed E-state index contributed by atoms with van der Waals surface area (Å²) in [5, 5.41) is 0. The summed E-state index contributed by atoms with van der Waals surface area (Å²) in [5.74, 6) is -4.39. The molecule has 2 heterocycles. The Morgan fingerprint density at radius 1 is 0.836 bits per heavy atom. The van der Waals surface area contributed by atoms with Crippen LogP contribution in [0.3, 0.4) is 0 Å². The fraction of sp³-hybridized carbons (Fsp3) is 0.552. The average molecular weight is 877 g/mol. The first-order chi connectivity index (χ1) is 25.2. The van der Waals surface area contributed by atoms with E-state index >= 15 is 0 Å². The van der Waals surface area contributed by atoms with E-state index in [1.54, 1.807) is 30.4 Å². The van der Waals surface area contributed by atoms with Gasteiger partial charge in [-0.15, -0.1) is 0 Å². The number of carbonyl (C=O) groups excluding carboxylic acids is 1. The van der Waals surface area contributed by atoms with Crippen molar-refractivity contribution in [3.05, 3.63) is 71.8 Å². The summed E-state index contributed by atoms with van der Waals surface area (Å²) < 4.78 is 199. The van der Waals surface area contributed by atoms with Crippen LogP contribution in [0.15, 0.2) is 66.3 Å². The molecule has 2 aliphatic carbocycles. The Hall–Kier alpha value is -2.95. The first-order valence-electron chi connectivity index (χ1n) is 15.7. The number of rotatable bonds is 11. The molecule has 2 aliphatic heterocycles. The number of alkyl halides is 6. The van der Waals surface area contributed by atoms with E-state index in [2.05, 4.69) is 0 Å². The Morgan fingerprint density at radius 3 is 1.85 bits per heavy atom. The molecule has 0 radical (unpaired) electrons. The summed E-state index contributed by atoms with van der Waals surface area (Å²) in [7, 11) is -22.1. The van der Waals surface area contributed by atoms with Gasteiger partial charge in [0.15, 0.2) is 11.9 Å². The number of hydrogen-bond acceptors (Lipinski definition) is 14. The van der Waals surface area contributed by atoms with Gasteiger partial charge >= 0.3 is 37.0 Å². The molecule has 26 heteroatoms. The van der Waals surface area contributed by atoms with Gasteiger partial charge in [0.05, 0.1) is 51.5 Å². The van der Waals surface area contributed by atoms with Gasteiger partial charge in [-0.3, -0.25) is 0 Å². The number of nitrogens with zero attached hydrogens (tertiary/aromatic N) is 2. The van der Waals surface area contributed by atoms with E-state index in [0.717, 1.165) is 6.08 Å². The number of esters is 1. The third kappa shape index (κ3) is 9.78. The van der Waals surface area contributed by atoms with Gasteiger partial charge in [0.25, 0.3) is 0 Å². The highest BCUT2D eigenvalue weighted by Gasteiger charge is 2.59. The molecular weight excluding hydrogens is 843 g/mol. The minimum absolute atomic E-state index is 0.0702. The highest BCUT2D eigenvalue weighted by atomic mass is 32.3. The normalized spacial score (nSPS) is 22.1. The lowest BCUT2D eigenvalue weighted by molar-refractivity contribution is -0.238. The lowest BCUT2D eigenvalue weighted by atomic mass is 9.99. The van der Waals surface area contributed by atoms with Gasteiger partial charge in [0.1, 0.15) is 0 Å². The Kier molecular flexibility index (Phi) is 13.1. The van der Waals surface area contributed by atoms with E-state index in [1.807, 2.05) is 0 Å². The number of halogens is 6. The van der Waals surface area contributed by atoms with Crippen LogP contribution in [0.5, 0.6) is 0 Å². The molecule has 0 amide bonds. The summed E-state index contributed by atoms with van der Waals surface area (Å²) in [5.41, 5.74) is -11.3. The summed E-state index contributed by atoms with van der Waals surface area (Å²) in [6.07, 6.45) is 6.24. The van der Waals surface area contributed by atoms with Gasteiger partial charge in [-0.25, -0.2) is 38.5 Å². The third-order valence-corrected chi connectivity index (χ3v) is 15.3. The van der Waals surface area contributed by atoms with E-state index in [4.69, 9.17) is 23.7 Å². The van der Waals surface area contributed by atoms with Crippen molar-refractivity contribution in [2.24, 2.45) is 0 Å². The number of ether oxygens (including phenoxy) is 5. The molecule has 16 nitrogen and oxygen atoms in total. The number of sulfonamides is 4. The largest absolute Gasteiger partial charge is 0.512 e. The molecule has 1 spiro atoms. The van der Waals surface area contributed by atoms with Crippen molar-refractivity contribution in [3.8, 4) is 0 Å². The zero-order valence-corrected chi connectivity index (χ0v) is 31.9.